The van der Waals surface area contributed by atoms with Crippen molar-refractivity contribution in [1.82, 2.24) is 0 Å². The van der Waals surface area contributed by atoms with E-state index in [9.17, 15) is 0 Å². The number of hydrogen-bond donors (Lipinski definition) is 0. The van der Waals surface area contributed by atoms with Gasteiger partial charge in [-0.1, -0.05) is 64.4 Å². The van der Waals surface area contributed by atoms with Crippen LogP contribution >= 0.6 is 45.2 Å². The van der Waals surface area contributed by atoms with Gasteiger partial charge in [0, 0.05) is 8.86 Å². The molecule has 0 N–H and O–H groups in total. The quantitative estimate of drug-likeness (QED) is 0.510. The van der Waals surface area contributed by atoms with Gasteiger partial charge in [-0.15, -0.1) is 0 Å². The second-order valence-corrected chi connectivity index (χ2v) is 5.47. The summed E-state index contributed by atoms with van der Waals surface area (Å²) >= 11 is 5.10. The summed E-state index contributed by atoms with van der Waals surface area (Å²) in [5.74, 6) is 0. The molecule has 0 atom stereocenters. The van der Waals surface area contributed by atoms with Gasteiger partial charge in [-0.3, -0.25) is 0 Å². The lowest BCUT2D eigenvalue weighted by atomic mass is 9.74. The topological polar surface area (TPSA) is 0 Å². The maximum absolute atomic E-state index is 2.58. The zero-order valence-corrected chi connectivity index (χ0v) is 11.2. The summed E-state index contributed by atoms with van der Waals surface area (Å²) < 4.78 is 2.73. The van der Waals surface area contributed by atoms with Crippen molar-refractivity contribution >= 4 is 45.2 Å². The van der Waals surface area contributed by atoms with Crippen LogP contribution in [0.1, 0.15) is 38.5 Å². The van der Waals surface area contributed by atoms with E-state index in [2.05, 4.69) is 45.2 Å². The summed E-state index contributed by atoms with van der Waals surface area (Å²) in [4.78, 5) is 0. The lowest BCUT2D eigenvalue weighted by Gasteiger charge is -2.35. The van der Waals surface area contributed by atoms with Crippen molar-refractivity contribution in [2.24, 2.45) is 5.41 Å². The Morgan fingerprint density at radius 2 is 1.64 bits per heavy atom. The second kappa shape index (κ2) is 5.25. The molecule has 0 aromatic heterocycles. The Balaban J connectivity index is 2.42. The Hall–Kier alpha value is 1.46. The van der Waals surface area contributed by atoms with Gasteiger partial charge in [-0.2, -0.15) is 0 Å². The van der Waals surface area contributed by atoms with Gasteiger partial charge >= 0.3 is 0 Å². The van der Waals surface area contributed by atoms with Crippen molar-refractivity contribution in [3.05, 3.63) is 0 Å². The van der Waals surface area contributed by atoms with E-state index in [1.807, 2.05) is 0 Å². The van der Waals surface area contributed by atoms with Crippen molar-refractivity contribution in [2.75, 3.05) is 8.86 Å². The molecule has 66 valence electrons. The van der Waals surface area contributed by atoms with Crippen LogP contribution in [0, 0.1) is 5.41 Å². The van der Waals surface area contributed by atoms with Crippen LogP contribution in [0.3, 0.4) is 0 Å². The average Bonchev–Trinajstić information content (AvgIpc) is 2.07. The largest absolute Gasteiger partial charge is 0.0864 e. The maximum Gasteiger partial charge on any atom is 0.00522 e. The van der Waals surface area contributed by atoms with Crippen LogP contribution < -0.4 is 0 Å². The van der Waals surface area contributed by atoms with Crippen LogP contribution in [0.4, 0.5) is 0 Å². The predicted molar refractivity (Wildman–Crippen MR) is 67.9 cm³/mol. The zero-order chi connectivity index (χ0) is 8.16. The summed E-state index contributed by atoms with van der Waals surface area (Å²) in [5.41, 5.74) is 0.750. The summed E-state index contributed by atoms with van der Waals surface area (Å²) in [6.07, 6.45) is 8.91. The first-order valence-electron chi connectivity index (χ1n) is 4.45. The Kier molecular flexibility index (Phi) is 5.03. The predicted octanol–water partition coefficient (Wildman–Crippen LogP) is 4.20. The third-order valence-corrected chi connectivity index (χ3v) is 4.98. The molecule has 0 bridgehead atoms. The molecule has 1 aliphatic rings. The highest BCUT2D eigenvalue weighted by molar-refractivity contribution is 14.1. The smallest absolute Gasteiger partial charge is 0.00522 e. The van der Waals surface area contributed by atoms with Crippen LogP contribution in [0.2, 0.25) is 0 Å². The normalized spacial score (nSPS) is 23.5. The van der Waals surface area contributed by atoms with Crippen molar-refractivity contribution < 1.29 is 0 Å². The molecule has 0 nitrogen and oxygen atoms in total. The third-order valence-electron chi connectivity index (χ3n) is 2.82. The van der Waals surface area contributed by atoms with Gasteiger partial charge in [0.2, 0.25) is 0 Å². The van der Waals surface area contributed by atoms with E-state index in [-0.39, 0.29) is 0 Å². The highest BCUT2D eigenvalue weighted by Gasteiger charge is 2.29. The van der Waals surface area contributed by atoms with Gasteiger partial charge in [0.05, 0.1) is 0 Å². The monoisotopic (exact) mass is 378 g/mol. The van der Waals surface area contributed by atoms with E-state index in [0.29, 0.717) is 0 Å². The van der Waals surface area contributed by atoms with Crippen molar-refractivity contribution in [3.63, 3.8) is 0 Å². The molecule has 0 aromatic rings. The molecule has 0 spiro atoms. The van der Waals surface area contributed by atoms with Crippen LogP contribution in [0.5, 0.6) is 0 Å². The average molecular weight is 378 g/mol. The molecule has 0 heterocycles. The first kappa shape index (κ1) is 10.5. The molecule has 0 saturated heterocycles. The van der Waals surface area contributed by atoms with Gasteiger partial charge in [0.1, 0.15) is 0 Å². The molecule has 0 radical (unpaired) electrons. The minimum absolute atomic E-state index is 0.750. The molecule has 1 rings (SSSR count). The van der Waals surface area contributed by atoms with Crippen molar-refractivity contribution in [3.8, 4) is 0 Å². The summed E-state index contributed by atoms with van der Waals surface area (Å²) in [6, 6.07) is 0. The highest BCUT2D eigenvalue weighted by Crippen LogP contribution is 2.41. The first-order chi connectivity index (χ1) is 5.33. The fourth-order valence-corrected chi connectivity index (χ4v) is 4.24. The van der Waals surface area contributed by atoms with Crippen LogP contribution in [-0.4, -0.2) is 8.86 Å². The molecule has 0 unspecified atom stereocenters. The number of alkyl halides is 2. The molecule has 0 amide bonds. The molecule has 2 heteroatoms. The van der Waals surface area contributed by atoms with Crippen molar-refractivity contribution in [1.29, 1.82) is 0 Å². The fraction of sp³-hybridized carbons (Fsp3) is 1.00. The lowest BCUT2D eigenvalue weighted by molar-refractivity contribution is 0.222. The van der Waals surface area contributed by atoms with Crippen LogP contribution in [0.25, 0.3) is 0 Å². The molecular weight excluding hydrogens is 362 g/mol. The van der Waals surface area contributed by atoms with Gasteiger partial charge in [-0.05, 0) is 24.7 Å². The van der Waals surface area contributed by atoms with Crippen LogP contribution in [0.15, 0.2) is 0 Å². The van der Waals surface area contributed by atoms with E-state index < -0.39 is 0 Å². The van der Waals surface area contributed by atoms with Crippen LogP contribution in [-0.2, 0) is 0 Å². The number of halogens is 2. The van der Waals surface area contributed by atoms with E-state index in [4.69, 9.17) is 0 Å². The molecule has 0 aliphatic heterocycles. The highest BCUT2D eigenvalue weighted by atomic mass is 127. The van der Waals surface area contributed by atoms with E-state index >= 15 is 0 Å². The van der Waals surface area contributed by atoms with E-state index in [1.54, 1.807) is 0 Å². The Labute approximate surface area is 97.2 Å². The maximum atomic E-state index is 2.58. The molecular formula is C9H16I2. The first-order valence-corrected chi connectivity index (χ1v) is 7.50. The lowest BCUT2D eigenvalue weighted by Crippen LogP contribution is -2.26. The minimum Gasteiger partial charge on any atom is -0.0864 e. The number of rotatable bonds is 3. The van der Waals surface area contributed by atoms with Gasteiger partial charge in [0.25, 0.3) is 0 Å². The molecule has 11 heavy (non-hydrogen) atoms. The Morgan fingerprint density at radius 3 is 2.09 bits per heavy atom. The molecule has 1 saturated carbocycles. The third kappa shape index (κ3) is 3.01. The van der Waals surface area contributed by atoms with Crippen molar-refractivity contribution in [2.45, 2.75) is 38.5 Å². The number of hydrogen-bond acceptors (Lipinski definition) is 0. The Bertz CT molecular complexity index is 101. The molecule has 1 aliphatic carbocycles. The van der Waals surface area contributed by atoms with Gasteiger partial charge in [0.15, 0.2) is 0 Å². The fourth-order valence-electron chi connectivity index (χ4n) is 1.95. The Morgan fingerprint density at radius 1 is 1.00 bits per heavy atom. The minimum atomic E-state index is 0.750. The van der Waals surface area contributed by atoms with Gasteiger partial charge in [-0.25, -0.2) is 0 Å². The molecule has 1 fully saturated rings. The van der Waals surface area contributed by atoms with E-state index in [0.717, 1.165) is 5.41 Å². The summed E-state index contributed by atoms with van der Waals surface area (Å²) in [6.45, 7) is 0. The summed E-state index contributed by atoms with van der Waals surface area (Å²) in [5, 5.41) is 0. The summed E-state index contributed by atoms with van der Waals surface area (Å²) in [7, 11) is 0. The SMILES string of the molecule is ICCC1(CI)CCCCC1. The van der Waals surface area contributed by atoms with Gasteiger partial charge < -0.3 is 0 Å². The second-order valence-electron chi connectivity index (χ2n) is 3.63. The zero-order valence-electron chi connectivity index (χ0n) is 6.91. The molecule has 0 aromatic carbocycles. The standard InChI is InChI=1S/C9H16I2/c10-7-6-9(8-11)4-2-1-3-5-9/h1-8H2. The van der Waals surface area contributed by atoms with E-state index in [1.165, 1.54) is 47.4 Å².